The van der Waals surface area contributed by atoms with Gasteiger partial charge in [-0.1, -0.05) is 19.8 Å². The van der Waals surface area contributed by atoms with Crippen molar-refractivity contribution in [2.75, 3.05) is 45.2 Å². The van der Waals surface area contributed by atoms with E-state index >= 15 is 0 Å². The predicted molar refractivity (Wildman–Crippen MR) is 131 cm³/mol. The maximum absolute atomic E-state index is 5.64. The number of hydrogen-bond donors (Lipinski definition) is 1. The lowest BCUT2D eigenvalue weighted by atomic mass is 9.83. The minimum Gasteiger partial charge on any atom is -0.375 e. The number of morpholine rings is 1. The number of rotatable bonds is 5. The van der Waals surface area contributed by atoms with Gasteiger partial charge in [0.25, 0.3) is 0 Å². The van der Waals surface area contributed by atoms with Crippen LogP contribution in [0.15, 0.2) is 23.3 Å². The summed E-state index contributed by atoms with van der Waals surface area (Å²) >= 11 is 0. The van der Waals surface area contributed by atoms with Gasteiger partial charge in [0, 0.05) is 46.5 Å². The van der Waals surface area contributed by atoms with Crippen molar-refractivity contribution in [1.82, 2.24) is 15.2 Å². The van der Waals surface area contributed by atoms with Crippen molar-refractivity contribution in [3.05, 3.63) is 23.9 Å². The Balaban J connectivity index is 0.00000300. The van der Waals surface area contributed by atoms with Gasteiger partial charge in [-0.05, 0) is 49.3 Å². The van der Waals surface area contributed by atoms with Crippen LogP contribution in [0.1, 0.15) is 45.1 Å². The van der Waals surface area contributed by atoms with Crippen LogP contribution in [0.3, 0.4) is 0 Å². The molecule has 1 saturated heterocycles. The average Bonchev–Trinajstić information content (AvgIpc) is 2.70. The lowest BCUT2D eigenvalue weighted by Crippen LogP contribution is -2.42. The number of nitrogens with zero attached hydrogens (tertiary/aromatic N) is 4. The summed E-state index contributed by atoms with van der Waals surface area (Å²) in [5.74, 6) is 3.69. The van der Waals surface area contributed by atoms with Crippen molar-refractivity contribution in [3.8, 4) is 0 Å². The summed E-state index contributed by atoms with van der Waals surface area (Å²) in [5.41, 5.74) is 1.23. The first-order valence-electron chi connectivity index (χ1n) is 10.8. The SMILES string of the molecule is CN=C(NCc1ccnc(N2CCOC(C)C2)c1)N(C)CC1CCC(C)CC1.I. The lowest BCUT2D eigenvalue weighted by Gasteiger charge is -2.32. The van der Waals surface area contributed by atoms with Gasteiger partial charge in [-0.3, -0.25) is 4.99 Å². The minimum atomic E-state index is 0. The second kappa shape index (κ2) is 11.9. The Morgan fingerprint density at radius 1 is 1.31 bits per heavy atom. The standard InChI is InChI=1S/C22H37N5O.HI/c1-17-5-7-19(8-6-17)16-26(4)22(23-3)25-14-20-9-10-24-21(13-20)27-11-12-28-18(2)15-27;/h9-10,13,17-19H,5-8,11-12,14-16H2,1-4H3,(H,23,25);1H. The summed E-state index contributed by atoms with van der Waals surface area (Å²) in [7, 11) is 4.02. The molecule has 29 heavy (non-hydrogen) atoms. The van der Waals surface area contributed by atoms with Gasteiger partial charge < -0.3 is 19.9 Å². The largest absolute Gasteiger partial charge is 0.375 e. The summed E-state index contributed by atoms with van der Waals surface area (Å²) in [6.07, 6.45) is 7.58. The summed E-state index contributed by atoms with van der Waals surface area (Å²) in [5, 5.41) is 3.53. The molecule has 2 aliphatic rings. The number of anilines is 1. The first-order chi connectivity index (χ1) is 13.5. The number of halogens is 1. The van der Waals surface area contributed by atoms with E-state index in [1.165, 1.54) is 31.2 Å². The minimum absolute atomic E-state index is 0. The summed E-state index contributed by atoms with van der Waals surface area (Å²) in [4.78, 5) is 13.7. The van der Waals surface area contributed by atoms with E-state index < -0.39 is 0 Å². The first-order valence-corrected chi connectivity index (χ1v) is 10.8. The van der Waals surface area contributed by atoms with Crippen molar-refractivity contribution in [2.45, 2.75) is 52.2 Å². The highest BCUT2D eigenvalue weighted by Crippen LogP contribution is 2.28. The summed E-state index contributed by atoms with van der Waals surface area (Å²) in [6, 6.07) is 4.26. The number of ether oxygens (including phenoxy) is 1. The van der Waals surface area contributed by atoms with Crippen LogP contribution in [0.2, 0.25) is 0 Å². The number of aliphatic imine (C=N–C) groups is 1. The molecule has 1 N–H and O–H groups in total. The van der Waals surface area contributed by atoms with E-state index in [-0.39, 0.29) is 30.1 Å². The van der Waals surface area contributed by atoms with Gasteiger partial charge in [-0.2, -0.15) is 0 Å². The van der Waals surface area contributed by atoms with Crippen LogP contribution >= 0.6 is 24.0 Å². The van der Waals surface area contributed by atoms with E-state index in [0.29, 0.717) is 0 Å². The van der Waals surface area contributed by atoms with Crippen molar-refractivity contribution in [3.63, 3.8) is 0 Å². The van der Waals surface area contributed by atoms with E-state index in [9.17, 15) is 0 Å². The van der Waals surface area contributed by atoms with Crippen LogP contribution in [-0.4, -0.2) is 62.3 Å². The maximum Gasteiger partial charge on any atom is 0.193 e. The van der Waals surface area contributed by atoms with E-state index in [2.05, 4.69) is 58.1 Å². The van der Waals surface area contributed by atoms with Gasteiger partial charge >= 0.3 is 0 Å². The quantitative estimate of drug-likeness (QED) is 0.368. The third-order valence-corrected chi connectivity index (χ3v) is 6.07. The zero-order valence-electron chi connectivity index (χ0n) is 18.4. The fourth-order valence-corrected chi connectivity index (χ4v) is 4.32. The molecule has 1 aromatic heterocycles. The Kier molecular flexibility index (Phi) is 9.95. The van der Waals surface area contributed by atoms with E-state index in [4.69, 9.17) is 4.74 Å². The molecular formula is C22H38IN5O. The Hall–Kier alpha value is -1.09. The van der Waals surface area contributed by atoms with Crippen molar-refractivity contribution < 1.29 is 4.74 Å². The molecule has 1 atom stereocenters. The Morgan fingerprint density at radius 2 is 2.07 bits per heavy atom. The smallest absolute Gasteiger partial charge is 0.193 e. The topological polar surface area (TPSA) is 53.0 Å². The van der Waals surface area contributed by atoms with Gasteiger partial charge in [0.1, 0.15) is 5.82 Å². The second-order valence-electron chi connectivity index (χ2n) is 8.56. The Labute approximate surface area is 193 Å². The van der Waals surface area contributed by atoms with Crippen molar-refractivity contribution >= 4 is 35.8 Å². The fraction of sp³-hybridized carbons (Fsp3) is 0.727. The molecule has 1 aliphatic heterocycles. The van der Waals surface area contributed by atoms with Crippen LogP contribution in [-0.2, 0) is 11.3 Å². The monoisotopic (exact) mass is 515 g/mol. The second-order valence-corrected chi connectivity index (χ2v) is 8.56. The molecule has 3 rings (SSSR count). The zero-order valence-corrected chi connectivity index (χ0v) is 20.8. The lowest BCUT2D eigenvalue weighted by molar-refractivity contribution is 0.0529. The summed E-state index contributed by atoms with van der Waals surface area (Å²) in [6.45, 7) is 8.90. The van der Waals surface area contributed by atoms with Gasteiger partial charge in [0.05, 0.1) is 12.7 Å². The van der Waals surface area contributed by atoms with Gasteiger partial charge in [0.2, 0.25) is 0 Å². The molecule has 164 valence electrons. The van der Waals surface area contributed by atoms with Crippen LogP contribution in [0.5, 0.6) is 0 Å². The van der Waals surface area contributed by atoms with Crippen LogP contribution in [0, 0.1) is 11.8 Å². The van der Waals surface area contributed by atoms with Crippen molar-refractivity contribution in [1.29, 1.82) is 0 Å². The summed E-state index contributed by atoms with van der Waals surface area (Å²) < 4.78 is 5.64. The highest BCUT2D eigenvalue weighted by atomic mass is 127. The third kappa shape index (κ3) is 7.27. The molecule has 0 spiro atoms. The number of pyridine rings is 1. The molecule has 0 amide bonds. The molecule has 1 aromatic rings. The first kappa shape index (κ1) is 24.2. The van der Waals surface area contributed by atoms with Gasteiger partial charge in [0.15, 0.2) is 5.96 Å². The van der Waals surface area contributed by atoms with E-state index in [0.717, 1.165) is 56.4 Å². The van der Waals surface area contributed by atoms with E-state index in [1.807, 2.05) is 13.2 Å². The third-order valence-electron chi connectivity index (χ3n) is 6.07. The molecule has 1 saturated carbocycles. The molecule has 1 unspecified atom stereocenters. The molecular weight excluding hydrogens is 477 g/mol. The average molecular weight is 515 g/mol. The highest BCUT2D eigenvalue weighted by Gasteiger charge is 2.21. The molecule has 2 fully saturated rings. The van der Waals surface area contributed by atoms with Gasteiger partial charge in [-0.25, -0.2) is 4.98 Å². The van der Waals surface area contributed by atoms with E-state index in [1.54, 1.807) is 0 Å². The van der Waals surface area contributed by atoms with Crippen LogP contribution in [0.4, 0.5) is 5.82 Å². The normalized spacial score (nSPS) is 25.3. The maximum atomic E-state index is 5.64. The molecule has 0 bridgehead atoms. The number of guanidine groups is 1. The van der Waals surface area contributed by atoms with Crippen LogP contribution < -0.4 is 10.2 Å². The number of aromatic nitrogens is 1. The Bertz CT molecular complexity index is 648. The predicted octanol–water partition coefficient (Wildman–Crippen LogP) is 3.76. The van der Waals surface area contributed by atoms with Crippen molar-refractivity contribution in [2.24, 2.45) is 16.8 Å². The van der Waals surface area contributed by atoms with Crippen LogP contribution in [0.25, 0.3) is 0 Å². The molecule has 6 nitrogen and oxygen atoms in total. The number of nitrogens with one attached hydrogen (secondary N) is 1. The molecule has 7 heteroatoms. The molecule has 0 radical (unpaired) electrons. The fourth-order valence-electron chi connectivity index (χ4n) is 4.32. The molecule has 1 aliphatic carbocycles. The Morgan fingerprint density at radius 3 is 2.76 bits per heavy atom. The van der Waals surface area contributed by atoms with Gasteiger partial charge in [-0.15, -0.1) is 24.0 Å². The molecule has 2 heterocycles. The zero-order chi connectivity index (χ0) is 19.9. The number of hydrogen-bond acceptors (Lipinski definition) is 4. The molecule has 0 aromatic carbocycles. The highest BCUT2D eigenvalue weighted by molar-refractivity contribution is 14.0.